The first-order chi connectivity index (χ1) is 9.29. The summed E-state index contributed by atoms with van der Waals surface area (Å²) in [5, 5.41) is 13.9. The Morgan fingerprint density at radius 2 is 1.95 bits per heavy atom. The number of carboxylic acids is 1. The van der Waals surface area contributed by atoms with E-state index in [4.69, 9.17) is 5.11 Å². The number of amides is 3. The van der Waals surface area contributed by atoms with Gasteiger partial charge in [0, 0.05) is 0 Å². The van der Waals surface area contributed by atoms with Crippen LogP contribution >= 0.6 is 0 Å². The van der Waals surface area contributed by atoms with Gasteiger partial charge in [0.2, 0.25) is 0 Å². The first-order valence-electron chi connectivity index (χ1n) is 6.27. The highest BCUT2D eigenvalue weighted by molar-refractivity contribution is 6.07. The van der Waals surface area contributed by atoms with Gasteiger partial charge in [0.15, 0.2) is 0 Å². The van der Waals surface area contributed by atoms with Gasteiger partial charge in [-0.15, -0.1) is 0 Å². The van der Waals surface area contributed by atoms with E-state index in [0.717, 1.165) is 0 Å². The van der Waals surface area contributed by atoms with E-state index < -0.39 is 23.4 Å². The normalized spacial score (nSPS) is 21.8. The minimum atomic E-state index is -1.15. The zero-order chi connectivity index (χ0) is 15.1. The van der Waals surface area contributed by atoms with Crippen LogP contribution in [0.2, 0.25) is 0 Å². The Bertz CT molecular complexity index is 609. The third-order valence-electron chi connectivity index (χ3n) is 3.66. The lowest BCUT2D eigenvalue weighted by molar-refractivity contribution is -0.125. The van der Waals surface area contributed by atoms with Crippen LogP contribution in [0.15, 0.2) is 18.2 Å². The monoisotopic (exact) mass is 276 g/mol. The van der Waals surface area contributed by atoms with E-state index in [1.54, 1.807) is 13.0 Å². The molecule has 1 fully saturated rings. The Kier molecular flexibility index (Phi) is 3.25. The number of nitrogens with one attached hydrogen (secondary N) is 2. The minimum Gasteiger partial charge on any atom is -0.478 e. The quantitative estimate of drug-likeness (QED) is 0.727. The second kappa shape index (κ2) is 4.63. The van der Waals surface area contributed by atoms with Crippen molar-refractivity contribution in [3.63, 3.8) is 0 Å². The van der Waals surface area contributed by atoms with Crippen molar-refractivity contribution < 1.29 is 19.5 Å². The first-order valence-corrected chi connectivity index (χ1v) is 6.27. The number of carbonyl (C=O) groups excluding carboxylic acids is 2. The second-order valence-electron chi connectivity index (χ2n) is 5.21. The number of carboxylic acid groups (broad SMARTS) is 1. The van der Waals surface area contributed by atoms with Crippen molar-refractivity contribution in [1.29, 1.82) is 0 Å². The number of hydrogen-bond acceptors (Lipinski definition) is 3. The van der Waals surface area contributed by atoms with Crippen LogP contribution in [-0.2, 0) is 10.3 Å². The molecule has 0 aliphatic carbocycles. The van der Waals surface area contributed by atoms with E-state index in [-0.39, 0.29) is 11.5 Å². The molecule has 1 aromatic carbocycles. The molecule has 1 unspecified atom stereocenters. The third-order valence-corrected chi connectivity index (χ3v) is 3.66. The van der Waals surface area contributed by atoms with Crippen LogP contribution in [0.25, 0.3) is 0 Å². The predicted molar refractivity (Wildman–Crippen MR) is 71.3 cm³/mol. The van der Waals surface area contributed by atoms with E-state index in [1.807, 2.05) is 13.8 Å². The maximum atomic E-state index is 12.2. The van der Waals surface area contributed by atoms with Crippen LogP contribution in [0, 0.1) is 12.8 Å². The van der Waals surface area contributed by atoms with E-state index >= 15 is 0 Å². The Labute approximate surface area is 116 Å². The molecule has 0 radical (unpaired) electrons. The molecule has 0 bridgehead atoms. The highest BCUT2D eigenvalue weighted by atomic mass is 16.4. The minimum absolute atomic E-state index is 0.148. The molecule has 1 aliphatic rings. The van der Waals surface area contributed by atoms with Gasteiger partial charge in [0.25, 0.3) is 5.91 Å². The first kappa shape index (κ1) is 14.0. The smallest absolute Gasteiger partial charge is 0.335 e. The van der Waals surface area contributed by atoms with Crippen LogP contribution < -0.4 is 10.6 Å². The Morgan fingerprint density at radius 1 is 1.30 bits per heavy atom. The number of aryl methyl sites for hydroxylation is 1. The molecular formula is C14H16N2O4. The molecule has 0 saturated carbocycles. The van der Waals surface area contributed by atoms with Gasteiger partial charge in [0.1, 0.15) is 5.54 Å². The predicted octanol–water partition coefficient (Wildman–Crippen LogP) is 1.38. The average molecular weight is 276 g/mol. The SMILES string of the molecule is Cc1cc(C(=O)O)ccc1C1(C(C)C)NC(=O)NC1=O. The summed E-state index contributed by atoms with van der Waals surface area (Å²) in [6, 6.07) is 3.99. The van der Waals surface area contributed by atoms with Crippen LogP contribution in [-0.4, -0.2) is 23.0 Å². The molecule has 1 atom stereocenters. The summed E-state index contributed by atoms with van der Waals surface area (Å²) >= 11 is 0. The zero-order valence-electron chi connectivity index (χ0n) is 11.5. The topological polar surface area (TPSA) is 95.5 Å². The summed E-state index contributed by atoms with van der Waals surface area (Å²) in [7, 11) is 0. The Balaban J connectivity index is 2.60. The molecule has 3 N–H and O–H groups in total. The van der Waals surface area contributed by atoms with Gasteiger partial charge in [-0.2, -0.15) is 0 Å². The summed E-state index contributed by atoms with van der Waals surface area (Å²) in [5.41, 5.74) is 0.254. The van der Waals surface area contributed by atoms with Gasteiger partial charge in [-0.3, -0.25) is 10.1 Å². The van der Waals surface area contributed by atoms with Gasteiger partial charge in [0.05, 0.1) is 5.56 Å². The lowest BCUT2D eigenvalue weighted by atomic mass is 9.77. The maximum absolute atomic E-state index is 12.2. The number of urea groups is 1. The number of imide groups is 1. The van der Waals surface area contributed by atoms with E-state index in [0.29, 0.717) is 11.1 Å². The van der Waals surface area contributed by atoms with Crippen molar-refractivity contribution in [2.45, 2.75) is 26.3 Å². The van der Waals surface area contributed by atoms with E-state index in [9.17, 15) is 14.4 Å². The standard InChI is InChI=1S/C14H16N2O4/c1-7(2)14(12(19)15-13(20)16-14)10-5-4-9(11(17)18)6-8(10)3/h4-7H,1-3H3,(H,17,18)(H2,15,16,19,20). The molecule has 1 aliphatic heterocycles. The molecule has 2 rings (SSSR count). The maximum Gasteiger partial charge on any atom is 0.335 e. The number of carbonyl (C=O) groups is 3. The van der Waals surface area contributed by atoms with Crippen LogP contribution in [0.4, 0.5) is 4.79 Å². The summed E-state index contributed by atoms with van der Waals surface area (Å²) < 4.78 is 0. The summed E-state index contributed by atoms with van der Waals surface area (Å²) in [4.78, 5) is 34.7. The Hall–Kier alpha value is -2.37. The van der Waals surface area contributed by atoms with Crippen LogP contribution in [0.1, 0.15) is 35.3 Å². The molecule has 1 heterocycles. The zero-order valence-corrected chi connectivity index (χ0v) is 11.5. The highest BCUT2D eigenvalue weighted by Gasteiger charge is 2.50. The molecule has 106 valence electrons. The van der Waals surface area contributed by atoms with Crippen molar-refractivity contribution in [1.82, 2.24) is 10.6 Å². The third kappa shape index (κ3) is 1.93. The van der Waals surface area contributed by atoms with Gasteiger partial charge in [-0.1, -0.05) is 19.9 Å². The molecule has 3 amide bonds. The molecule has 1 aromatic rings. The molecule has 6 heteroatoms. The van der Waals surface area contributed by atoms with Crippen molar-refractivity contribution in [2.24, 2.45) is 5.92 Å². The number of aromatic carboxylic acids is 1. The molecular weight excluding hydrogens is 260 g/mol. The van der Waals surface area contributed by atoms with Gasteiger partial charge in [-0.05, 0) is 36.1 Å². The molecule has 0 spiro atoms. The average Bonchev–Trinajstić information content (AvgIpc) is 2.65. The van der Waals surface area contributed by atoms with Crippen LogP contribution in [0.5, 0.6) is 0 Å². The lowest BCUT2D eigenvalue weighted by Gasteiger charge is -2.32. The fourth-order valence-corrected chi connectivity index (χ4v) is 2.62. The lowest BCUT2D eigenvalue weighted by Crippen LogP contribution is -2.48. The van der Waals surface area contributed by atoms with Gasteiger partial charge in [-0.25, -0.2) is 9.59 Å². The molecule has 1 saturated heterocycles. The van der Waals surface area contributed by atoms with Crippen molar-refractivity contribution in [2.75, 3.05) is 0 Å². The summed E-state index contributed by atoms with van der Waals surface area (Å²) in [6.45, 7) is 5.38. The van der Waals surface area contributed by atoms with Crippen molar-refractivity contribution in [3.05, 3.63) is 34.9 Å². The highest BCUT2D eigenvalue weighted by Crippen LogP contribution is 2.35. The fraction of sp³-hybridized carbons (Fsp3) is 0.357. The van der Waals surface area contributed by atoms with Gasteiger partial charge >= 0.3 is 12.0 Å². The summed E-state index contributed by atoms with van der Waals surface area (Å²) in [6.07, 6.45) is 0. The van der Waals surface area contributed by atoms with Gasteiger partial charge < -0.3 is 10.4 Å². The molecule has 0 aromatic heterocycles. The Morgan fingerprint density at radius 3 is 2.35 bits per heavy atom. The summed E-state index contributed by atoms with van der Waals surface area (Å²) in [5.74, 6) is -1.62. The number of benzene rings is 1. The second-order valence-corrected chi connectivity index (χ2v) is 5.21. The van der Waals surface area contributed by atoms with Crippen molar-refractivity contribution >= 4 is 17.9 Å². The number of rotatable bonds is 3. The molecule has 20 heavy (non-hydrogen) atoms. The number of hydrogen-bond donors (Lipinski definition) is 3. The van der Waals surface area contributed by atoms with Crippen LogP contribution in [0.3, 0.4) is 0 Å². The molecule has 6 nitrogen and oxygen atoms in total. The van der Waals surface area contributed by atoms with E-state index in [1.165, 1.54) is 12.1 Å². The fourth-order valence-electron chi connectivity index (χ4n) is 2.62. The largest absolute Gasteiger partial charge is 0.478 e. The van der Waals surface area contributed by atoms with Crippen molar-refractivity contribution in [3.8, 4) is 0 Å². The van der Waals surface area contributed by atoms with E-state index in [2.05, 4.69) is 10.6 Å².